The van der Waals surface area contributed by atoms with E-state index >= 15 is 0 Å². The molecule has 32 heavy (non-hydrogen) atoms. The number of pyridine rings is 1. The predicted molar refractivity (Wildman–Crippen MR) is 130 cm³/mol. The van der Waals surface area contributed by atoms with Crippen molar-refractivity contribution < 1.29 is 4.74 Å². The molecule has 4 heterocycles. The number of benzene rings is 1. The van der Waals surface area contributed by atoms with Gasteiger partial charge < -0.3 is 9.64 Å². The lowest BCUT2D eigenvalue weighted by atomic mass is 9.92. The summed E-state index contributed by atoms with van der Waals surface area (Å²) in [5, 5.41) is 1.11. The molecule has 0 N–H and O–H groups in total. The lowest BCUT2D eigenvalue weighted by Crippen LogP contribution is -2.39. The maximum absolute atomic E-state index is 6.26. The van der Waals surface area contributed by atoms with Crippen molar-refractivity contribution in [3.63, 3.8) is 0 Å². The molecule has 0 aliphatic carbocycles. The molecule has 6 nitrogen and oxygen atoms in total. The van der Waals surface area contributed by atoms with Gasteiger partial charge in [-0.2, -0.15) is 0 Å². The van der Waals surface area contributed by atoms with E-state index in [1.54, 1.807) is 12.4 Å². The Balaban J connectivity index is 1.23. The van der Waals surface area contributed by atoms with Gasteiger partial charge in [0, 0.05) is 18.7 Å². The van der Waals surface area contributed by atoms with Crippen LogP contribution in [0.2, 0.25) is 5.15 Å². The third kappa shape index (κ3) is 4.54. The van der Waals surface area contributed by atoms with Crippen LogP contribution in [0.3, 0.4) is 0 Å². The molecule has 1 aliphatic heterocycles. The van der Waals surface area contributed by atoms with Crippen LogP contribution in [0.5, 0.6) is 5.19 Å². The smallest absolute Gasteiger partial charge is 0.276 e. The Bertz CT molecular complexity index is 1200. The summed E-state index contributed by atoms with van der Waals surface area (Å²) in [6, 6.07) is 12.5. The lowest BCUT2D eigenvalue weighted by molar-refractivity contribution is 0.132. The Morgan fingerprint density at radius 2 is 1.81 bits per heavy atom. The van der Waals surface area contributed by atoms with E-state index in [0.717, 1.165) is 53.4 Å². The molecule has 1 aromatic carbocycles. The van der Waals surface area contributed by atoms with Crippen LogP contribution >= 0.6 is 22.9 Å². The van der Waals surface area contributed by atoms with Crippen molar-refractivity contribution in [2.24, 2.45) is 5.92 Å². The van der Waals surface area contributed by atoms with E-state index in [2.05, 4.69) is 58.0 Å². The number of nitrogens with zero attached hydrogens (tertiary/aromatic N) is 5. The first-order chi connectivity index (χ1) is 15.5. The molecule has 0 spiro atoms. The minimum atomic E-state index is 0.0885. The summed E-state index contributed by atoms with van der Waals surface area (Å²) in [5.41, 5.74) is 4.19. The van der Waals surface area contributed by atoms with Gasteiger partial charge in [0.2, 0.25) is 0 Å². The summed E-state index contributed by atoms with van der Waals surface area (Å²) >= 11 is 7.36. The van der Waals surface area contributed by atoms with Gasteiger partial charge in [0.1, 0.15) is 27.4 Å². The van der Waals surface area contributed by atoms with E-state index in [0.29, 0.717) is 16.3 Å². The van der Waals surface area contributed by atoms with Crippen LogP contribution in [-0.4, -0.2) is 39.1 Å². The quantitative estimate of drug-likeness (QED) is 0.371. The summed E-state index contributed by atoms with van der Waals surface area (Å²) in [5.74, 6) is 1.35. The SMILES string of the molecule is Cc1ccc(-c2ccc3nc(OC(C)C4CCN(c5cnc(Cl)cn5)CC4)sc3n2)cc1. The van der Waals surface area contributed by atoms with Crippen molar-refractivity contribution in [1.29, 1.82) is 0 Å². The number of thiazole rings is 1. The van der Waals surface area contributed by atoms with Gasteiger partial charge in [-0.25, -0.2) is 19.9 Å². The predicted octanol–water partition coefficient (Wildman–Crippen LogP) is 5.79. The Kier molecular flexibility index (Phi) is 5.93. The third-order valence-corrected chi connectivity index (χ3v) is 7.06. The van der Waals surface area contributed by atoms with Crippen LogP contribution in [0.1, 0.15) is 25.3 Å². The van der Waals surface area contributed by atoms with Crippen molar-refractivity contribution in [2.45, 2.75) is 32.8 Å². The number of rotatable bonds is 5. The Hall–Kier alpha value is -2.77. The van der Waals surface area contributed by atoms with Crippen LogP contribution in [0.4, 0.5) is 5.82 Å². The molecule has 0 radical (unpaired) electrons. The number of piperidine rings is 1. The van der Waals surface area contributed by atoms with Gasteiger partial charge in [0.05, 0.1) is 18.1 Å². The maximum atomic E-state index is 6.26. The molecule has 1 unspecified atom stereocenters. The third-order valence-electron chi connectivity index (χ3n) is 6.00. The molecule has 0 amide bonds. The van der Waals surface area contributed by atoms with E-state index in [1.165, 1.54) is 16.9 Å². The van der Waals surface area contributed by atoms with Crippen molar-refractivity contribution in [1.82, 2.24) is 19.9 Å². The number of aromatic nitrogens is 4. The second-order valence-corrected chi connectivity index (χ2v) is 9.54. The van der Waals surface area contributed by atoms with E-state index in [9.17, 15) is 0 Å². The van der Waals surface area contributed by atoms with Crippen LogP contribution in [0.15, 0.2) is 48.8 Å². The molecule has 164 valence electrons. The minimum absolute atomic E-state index is 0.0885. The van der Waals surface area contributed by atoms with Gasteiger partial charge in [-0.15, -0.1) is 0 Å². The van der Waals surface area contributed by atoms with Crippen LogP contribution < -0.4 is 9.64 Å². The summed E-state index contributed by atoms with van der Waals surface area (Å²) in [7, 11) is 0. The molecule has 1 atom stereocenters. The van der Waals surface area contributed by atoms with Gasteiger partial charge in [0.15, 0.2) is 0 Å². The number of aryl methyl sites for hydroxylation is 1. The van der Waals surface area contributed by atoms with Crippen LogP contribution in [-0.2, 0) is 0 Å². The molecule has 0 saturated carbocycles. The van der Waals surface area contributed by atoms with Crippen LogP contribution in [0, 0.1) is 12.8 Å². The number of ether oxygens (including phenoxy) is 1. The zero-order valence-electron chi connectivity index (χ0n) is 18.0. The van der Waals surface area contributed by atoms with E-state index in [4.69, 9.17) is 21.3 Å². The topological polar surface area (TPSA) is 64.0 Å². The average molecular weight is 466 g/mol. The number of anilines is 1. The van der Waals surface area contributed by atoms with Crippen LogP contribution in [0.25, 0.3) is 21.6 Å². The van der Waals surface area contributed by atoms with Gasteiger partial charge in [0.25, 0.3) is 5.19 Å². The highest BCUT2D eigenvalue weighted by atomic mass is 35.5. The first kappa shape index (κ1) is 21.1. The molecule has 1 saturated heterocycles. The fraction of sp³-hybridized carbons (Fsp3) is 0.333. The van der Waals surface area contributed by atoms with E-state index in [1.807, 2.05) is 12.1 Å². The maximum Gasteiger partial charge on any atom is 0.276 e. The van der Waals surface area contributed by atoms with Gasteiger partial charge in [-0.05, 0) is 44.7 Å². The summed E-state index contributed by atoms with van der Waals surface area (Å²) < 4.78 is 6.26. The van der Waals surface area contributed by atoms with E-state index in [-0.39, 0.29) is 6.10 Å². The van der Waals surface area contributed by atoms with Crippen molar-refractivity contribution in [2.75, 3.05) is 18.0 Å². The first-order valence-corrected chi connectivity index (χ1v) is 12.0. The number of hydrogen-bond acceptors (Lipinski definition) is 7. The van der Waals surface area contributed by atoms with Gasteiger partial charge in [-0.3, -0.25) is 0 Å². The monoisotopic (exact) mass is 465 g/mol. The molecular weight excluding hydrogens is 442 g/mol. The lowest BCUT2D eigenvalue weighted by Gasteiger charge is -2.34. The summed E-state index contributed by atoms with van der Waals surface area (Å²) in [4.78, 5) is 21.1. The summed E-state index contributed by atoms with van der Waals surface area (Å²) in [6.45, 7) is 6.08. The average Bonchev–Trinajstić information content (AvgIpc) is 3.21. The Labute approximate surface area is 196 Å². The first-order valence-electron chi connectivity index (χ1n) is 10.8. The molecule has 1 fully saturated rings. The fourth-order valence-electron chi connectivity index (χ4n) is 4.05. The molecular formula is C24H24ClN5OS. The highest BCUT2D eigenvalue weighted by Crippen LogP contribution is 2.32. The van der Waals surface area contributed by atoms with Gasteiger partial charge >= 0.3 is 0 Å². The van der Waals surface area contributed by atoms with Crippen molar-refractivity contribution in [3.05, 3.63) is 59.5 Å². The molecule has 8 heteroatoms. The molecule has 3 aromatic heterocycles. The second kappa shape index (κ2) is 9.00. The molecule has 1 aliphatic rings. The number of halogens is 1. The minimum Gasteiger partial charge on any atom is -0.467 e. The van der Waals surface area contributed by atoms with Gasteiger partial charge in [-0.1, -0.05) is 52.8 Å². The normalized spacial score (nSPS) is 15.8. The number of fused-ring (bicyclic) bond motifs is 1. The largest absolute Gasteiger partial charge is 0.467 e. The zero-order valence-corrected chi connectivity index (χ0v) is 19.6. The number of hydrogen-bond donors (Lipinski definition) is 0. The van der Waals surface area contributed by atoms with Crippen molar-refractivity contribution in [3.8, 4) is 16.5 Å². The van der Waals surface area contributed by atoms with Crippen molar-refractivity contribution >= 4 is 39.1 Å². The highest BCUT2D eigenvalue weighted by molar-refractivity contribution is 7.19. The zero-order chi connectivity index (χ0) is 22.1. The molecule has 5 rings (SSSR count). The Morgan fingerprint density at radius 3 is 2.53 bits per heavy atom. The fourth-order valence-corrected chi connectivity index (χ4v) is 5.02. The Morgan fingerprint density at radius 1 is 1.03 bits per heavy atom. The standard InChI is InChI=1S/C24H24ClN5OS/c1-15-3-5-18(6-4-15)19-7-8-20-23(28-19)32-24(29-20)31-16(2)17-9-11-30(12-10-17)22-14-26-21(25)13-27-22/h3-8,13-14,16-17H,9-12H2,1-2H3. The molecule has 0 bridgehead atoms. The van der Waals surface area contributed by atoms with E-state index < -0.39 is 0 Å². The highest BCUT2D eigenvalue weighted by Gasteiger charge is 2.26. The summed E-state index contributed by atoms with van der Waals surface area (Å²) in [6.07, 6.45) is 5.49. The second-order valence-electron chi connectivity index (χ2n) is 8.21. The molecule has 4 aromatic rings.